The van der Waals surface area contributed by atoms with Gasteiger partial charge in [0, 0.05) is 5.69 Å². The number of benzene rings is 2. The zero-order chi connectivity index (χ0) is 21.0. The molecule has 0 bridgehead atoms. The number of carbonyl (C=O) groups is 1. The van der Waals surface area contributed by atoms with Gasteiger partial charge in [0.2, 0.25) is 5.91 Å². The van der Waals surface area contributed by atoms with Gasteiger partial charge in [-0.3, -0.25) is 4.79 Å². The van der Waals surface area contributed by atoms with Crippen molar-refractivity contribution in [3.8, 4) is 11.5 Å². The number of nitrogens with zero attached hydrogens (tertiary/aromatic N) is 1. The molecule has 1 heterocycles. The lowest BCUT2D eigenvalue weighted by atomic mass is 9.81. The van der Waals surface area contributed by atoms with E-state index < -0.39 is 0 Å². The Morgan fingerprint density at radius 3 is 2.14 bits per heavy atom. The third-order valence-electron chi connectivity index (χ3n) is 5.78. The zero-order valence-corrected chi connectivity index (χ0v) is 17.7. The predicted octanol–water partition coefficient (Wildman–Crippen LogP) is 3.32. The molecule has 2 unspecified atom stereocenters. The second-order valence-electron chi connectivity index (χ2n) is 7.31. The monoisotopic (exact) mass is 397 g/mol. The number of methoxy groups -OCH3 is 2. The van der Waals surface area contributed by atoms with Gasteiger partial charge in [0.05, 0.1) is 26.2 Å². The number of nitrogens with one attached hydrogen (secondary N) is 1. The molecule has 6 heteroatoms. The second-order valence-corrected chi connectivity index (χ2v) is 7.31. The van der Waals surface area contributed by atoms with Crippen molar-refractivity contribution >= 4 is 11.6 Å². The molecule has 1 aliphatic heterocycles. The number of hydrogen-bond donors (Lipinski definition) is 2. The van der Waals surface area contributed by atoms with Crippen molar-refractivity contribution in [3.63, 3.8) is 0 Å². The molecule has 0 fully saturated rings. The van der Waals surface area contributed by atoms with Gasteiger partial charge in [0.25, 0.3) is 0 Å². The van der Waals surface area contributed by atoms with Crippen LogP contribution in [0.5, 0.6) is 11.5 Å². The first-order valence-corrected chi connectivity index (χ1v) is 10.2. The second kappa shape index (κ2) is 9.18. The Hall–Kier alpha value is -2.73. The van der Waals surface area contributed by atoms with E-state index >= 15 is 0 Å². The molecule has 0 saturated carbocycles. The largest absolute Gasteiger partial charge is 0.493 e. The Balaban J connectivity index is 2.05. The van der Waals surface area contributed by atoms with Crippen LogP contribution in [0, 0.1) is 0 Å². The van der Waals surface area contributed by atoms with E-state index in [0.717, 1.165) is 42.7 Å². The predicted molar refractivity (Wildman–Crippen MR) is 116 cm³/mol. The number of nitrogens with two attached hydrogens (primary N) is 1. The molecule has 0 saturated heterocycles. The molecule has 1 aliphatic rings. The molecule has 3 N–H and O–H groups in total. The number of ether oxygens (including phenoxy) is 2. The third kappa shape index (κ3) is 4.32. The summed E-state index contributed by atoms with van der Waals surface area (Å²) in [4.78, 5) is 15.5. The van der Waals surface area contributed by atoms with Crippen molar-refractivity contribution in [2.24, 2.45) is 0 Å². The standard InChI is InChI=1S/C23H31N3O3/c1-5-26(6-2)12-11-17-18-13-20(28-3)21(29-4)14-19(18)22(25-23(17)27)15-7-9-16(24)10-8-15/h7-10,13-14,17,22H,5-6,11-12,24H2,1-4H3,(H,25,27). The van der Waals surface area contributed by atoms with Crippen molar-refractivity contribution in [2.45, 2.75) is 32.2 Å². The molecule has 29 heavy (non-hydrogen) atoms. The highest BCUT2D eigenvalue weighted by atomic mass is 16.5. The van der Waals surface area contributed by atoms with Gasteiger partial charge in [-0.25, -0.2) is 0 Å². The molecule has 6 nitrogen and oxygen atoms in total. The fourth-order valence-corrected chi connectivity index (χ4v) is 4.01. The zero-order valence-electron chi connectivity index (χ0n) is 17.7. The number of carbonyl (C=O) groups excluding carboxylic acids is 1. The van der Waals surface area contributed by atoms with Crippen molar-refractivity contribution in [1.82, 2.24) is 10.2 Å². The van der Waals surface area contributed by atoms with Crippen LogP contribution in [0.25, 0.3) is 0 Å². The fraction of sp³-hybridized carbons (Fsp3) is 0.435. The molecule has 3 rings (SSSR count). The van der Waals surface area contributed by atoms with Crippen molar-refractivity contribution in [2.75, 3.05) is 39.6 Å². The van der Waals surface area contributed by atoms with Crippen LogP contribution in [0.15, 0.2) is 36.4 Å². The minimum Gasteiger partial charge on any atom is -0.493 e. The van der Waals surface area contributed by atoms with Crippen LogP contribution in [-0.2, 0) is 4.79 Å². The maximum absolute atomic E-state index is 13.1. The summed E-state index contributed by atoms with van der Waals surface area (Å²) in [6, 6.07) is 11.3. The van der Waals surface area contributed by atoms with Gasteiger partial charge in [-0.2, -0.15) is 0 Å². The Labute approximate surface area is 173 Å². The normalized spacial score (nSPS) is 18.3. The van der Waals surface area contributed by atoms with E-state index in [0.29, 0.717) is 17.2 Å². The van der Waals surface area contributed by atoms with Gasteiger partial charge >= 0.3 is 0 Å². The maximum atomic E-state index is 13.1. The highest BCUT2D eigenvalue weighted by Gasteiger charge is 2.35. The third-order valence-corrected chi connectivity index (χ3v) is 5.78. The molecule has 2 atom stereocenters. The minimum absolute atomic E-state index is 0.0405. The minimum atomic E-state index is -0.248. The van der Waals surface area contributed by atoms with E-state index in [4.69, 9.17) is 15.2 Å². The molecular formula is C23H31N3O3. The Bertz CT molecular complexity index is 847. The number of amides is 1. The Kier molecular flexibility index (Phi) is 6.64. The molecule has 0 aliphatic carbocycles. The van der Waals surface area contributed by atoms with Crippen LogP contribution in [0.3, 0.4) is 0 Å². The van der Waals surface area contributed by atoms with Crippen LogP contribution in [0.4, 0.5) is 5.69 Å². The van der Waals surface area contributed by atoms with Crippen LogP contribution in [0.1, 0.15) is 48.9 Å². The first-order valence-electron chi connectivity index (χ1n) is 10.2. The number of anilines is 1. The highest BCUT2D eigenvalue weighted by molar-refractivity contribution is 5.87. The summed E-state index contributed by atoms with van der Waals surface area (Å²) < 4.78 is 11.1. The van der Waals surface area contributed by atoms with Gasteiger partial charge in [-0.15, -0.1) is 0 Å². The number of nitrogen functional groups attached to an aromatic ring is 1. The maximum Gasteiger partial charge on any atom is 0.228 e. The summed E-state index contributed by atoms with van der Waals surface area (Å²) in [5, 5.41) is 3.21. The summed E-state index contributed by atoms with van der Waals surface area (Å²) in [6.07, 6.45) is 0.754. The van der Waals surface area contributed by atoms with Crippen LogP contribution in [-0.4, -0.2) is 44.7 Å². The topological polar surface area (TPSA) is 76.8 Å². The van der Waals surface area contributed by atoms with Crippen LogP contribution < -0.4 is 20.5 Å². The van der Waals surface area contributed by atoms with E-state index in [9.17, 15) is 4.79 Å². The van der Waals surface area contributed by atoms with Gasteiger partial charge in [-0.1, -0.05) is 26.0 Å². The van der Waals surface area contributed by atoms with Crippen molar-refractivity contribution in [1.29, 1.82) is 0 Å². The molecule has 0 spiro atoms. The van der Waals surface area contributed by atoms with Crippen LogP contribution in [0.2, 0.25) is 0 Å². The lowest BCUT2D eigenvalue weighted by molar-refractivity contribution is -0.124. The summed E-state index contributed by atoms with van der Waals surface area (Å²) in [6.45, 7) is 7.09. The van der Waals surface area contributed by atoms with E-state index in [1.54, 1.807) is 14.2 Å². The first-order chi connectivity index (χ1) is 14.0. The molecule has 2 aromatic rings. The van der Waals surface area contributed by atoms with Crippen LogP contribution >= 0.6 is 0 Å². The molecule has 0 radical (unpaired) electrons. The average Bonchev–Trinajstić information content (AvgIpc) is 2.75. The van der Waals surface area contributed by atoms with Gasteiger partial charge in [-0.05, 0) is 67.0 Å². The summed E-state index contributed by atoms with van der Waals surface area (Å²) >= 11 is 0. The lowest BCUT2D eigenvalue weighted by Crippen LogP contribution is -2.40. The first kappa shape index (κ1) is 21.0. The van der Waals surface area contributed by atoms with E-state index in [1.807, 2.05) is 36.4 Å². The van der Waals surface area contributed by atoms with Gasteiger partial charge in [0.15, 0.2) is 11.5 Å². The van der Waals surface area contributed by atoms with E-state index in [1.165, 1.54) is 0 Å². The van der Waals surface area contributed by atoms with Crippen molar-refractivity contribution < 1.29 is 14.3 Å². The highest BCUT2D eigenvalue weighted by Crippen LogP contribution is 2.42. The Morgan fingerprint density at radius 1 is 1.00 bits per heavy atom. The lowest BCUT2D eigenvalue weighted by Gasteiger charge is -2.34. The molecule has 1 amide bonds. The average molecular weight is 398 g/mol. The smallest absolute Gasteiger partial charge is 0.228 e. The number of hydrogen-bond acceptors (Lipinski definition) is 5. The quantitative estimate of drug-likeness (QED) is 0.668. The van der Waals surface area contributed by atoms with Gasteiger partial charge < -0.3 is 25.4 Å². The number of fused-ring (bicyclic) bond motifs is 1. The number of rotatable bonds is 8. The molecule has 156 valence electrons. The van der Waals surface area contributed by atoms with E-state index in [-0.39, 0.29) is 17.9 Å². The Morgan fingerprint density at radius 2 is 1.59 bits per heavy atom. The molecular weight excluding hydrogens is 366 g/mol. The summed E-state index contributed by atoms with van der Waals surface area (Å²) in [7, 11) is 3.25. The summed E-state index contributed by atoms with van der Waals surface area (Å²) in [5.74, 6) is 1.12. The molecule has 0 aromatic heterocycles. The van der Waals surface area contributed by atoms with Gasteiger partial charge in [0.1, 0.15) is 0 Å². The van der Waals surface area contributed by atoms with Crippen molar-refractivity contribution in [3.05, 3.63) is 53.1 Å². The summed E-state index contributed by atoms with van der Waals surface area (Å²) in [5.41, 5.74) is 9.57. The fourth-order valence-electron chi connectivity index (χ4n) is 4.01. The SMILES string of the molecule is CCN(CC)CCC1C(=O)NC(c2ccc(N)cc2)c2cc(OC)c(OC)cc21. The van der Waals surface area contributed by atoms with E-state index in [2.05, 4.69) is 24.1 Å². The molecule has 2 aromatic carbocycles.